The van der Waals surface area contributed by atoms with Crippen molar-refractivity contribution in [1.82, 2.24) is 8.43 Å². The zero-order chi connectivity index (χ0) is 10.4. The molecular formula is C11H23IN2. The monoisotopic (exact) mass is 310 g/mol. The van der Waals surface area contributed by atoms with Crippen molar-refractivity contribution >= 4 is 22.9 Å². The first-order valence-electron chi connectivity index (χ1n) is 5.73. The van der Waals surface area contributed by atoms with Gasteiger partial charge in [-0.15, -0.1) is 0 Å². The summed E-state index contributed by atoms with van der Waals surface area (Å²) in [7, 11) is 4.31. The minimum absolute atomic E-state index is 0.675. The van der Waals surface area contributed by atoms with Gasteiger partial charge in [0.2, 0.25) is 0 Å². The lowest BCUT2D eigenvalue weighted by molar-refractivity contribution is 0.279. The van der Waals surface area contributed by atoms with Crippen LogP contribution in [0.5, 0.6) is 0 Å². The molecule has 0 spiro atoms. The van der Waals surface area contributed by atoms with Gasteiger partial charge >= 0.3 is 0 Å². The zero-order valence-electron chi connectivity index (χ0n) is 9.43. The summed E-state index contributed by atoms with van der Waals surface area (Å²) in [4.78, 5) is 2.28. The van der Waals surface area contributed by atoms with E-state index < -0.39 is 0 Å². The molecule has 0 aromatic rings. The van der Waals surface area contributed by atoms with Crippen molar-refractivity contribution in [1.29, 1.82) is 0 Å². The van der Waals surface area contributed by atoms with Crippen molar-refractivity contribution in [3.05, 3.63) is 0 Å². The summed E-state index contributed by atoms with van der Waals surface area (Å²) >= 11 is 2.30. The summed E-state index contributed by atoms with van der Waals surface area (Å²) in [5, 5.41) is 0. The van der Waals surface area contributed by atoms with E-state index in [2.05, 4.69) is 45.4 Å². The van der Waals surface area contributed by atoms with Gasteiger partial charge in [-0.05, 0) is 26.4 Å². The molecule has 14 heavy (non-hydrogen) atoms. The molecule has 0 aromatic carbocycles. The normalized spacial score (nSPS) is 21.4. The van der Waals surface area contributed by atoms with Crippen molar-refractivity contribution in [2.24, 2.45) is 5.92 Å². The predicted molar refractivity (Wildman–Crippen MR) is 70.7 cm³/mol. The molecule has 1 aliphatic rings. The third-order valence-electron chi connectivity index (χ3n) is 3.08. The summed E-state index contributed by atoms with van der Waals surface area (Å²) < 4.78 is 3.41. The van der Waals surface area contributed by atoms with Crippen LogP contribution in [0.2, 0.25) is 0 Å². The Labute approximate surface area is 102 Å². The van der Waals surface area contributed by atoms with Gasteiger partial charge in [-0.2, -0.15) is 0 Å². The molecular weight excluding hydrogens is 287 g/mol. The van der Waals surface area contributed by atoms with Crippen LogP contribution in [-0.2, 0) is 0 Å². The molecule has 0 radical (unpaired) electrons. The number of likely N-dealkylation sites (N-methyl/N-ethyl adjacent to an activating group) is 1. The lowest BCUT2D eigenvalue weighted by Crippen LogP contribution is -2.35. The van der Waals surface area contributed by atoms with Gasteiger partial charge in [0, 0.05) is 35.5 Å². The zero-order valence-corrected chi connectivity index (χ0v) is 11.6. The molecule has 1 atom stereocenters. The first-order valence-corrected chi connectivity index (χ1v) is 6.81. The first kappa shape index (κ1) is 12.7. The van der Waals surface area contributed by atoms with E-state index in [4.69, 9.17) is 0 Å². The second kappa shape index (κ2) is 7.01. The quantitative estimate of drug-likeness (QED) is 0.620. The molecule has 2 nitrogen and oxygen atoms in total. The molecule has 0 heterocycles. The van der Waals surface area contributed by atoms with Crippen molar-refractivity contribution in [2.75, 3.05) is 20.6 Å². The minimum atomic E-state index is 0.675. The number of nitrogens with zero attached hydrogens (tertiary/aromatic N) is 1. The van der Waals surface area contributed by atoms with Gasteiger partial charge in [0.1, 0.15) is 0 Å². The highest BCUT2D eigenvalue weighted by molar-refractivity contribution is 14.1. The molecule has 1 aliphatic carbocycles. The molecule has 1 fully saturated rings. The molecule has 0 aromatic heterocycles. The Morgan fingerprint density at radius 3 is 2.43 bits per heavy atom. The summed E-state index contributed by atoms with van der Waals surface area (Å²) in [6.45, 7) is 1.17. The number of nitrogens with one attached hydrogen (secondary N) is 1. The molecule has 0 saturated heterocycles. The topological polar surface area (TPSA) is 15.3 Å². The summed E-state index contributed by atoms with van der Waals surface area (Å²) in [5.74, 6) is 0.982. The smallest absolute Gasteiger partial charge is 0.0293 e. The van der Waals surface area contributed by atoms with E-state index in [0.717, 1.165) is 5.92 Å². The number of rotatable bonds is 5. The third-order valence-corrected chi connectivity index (χ3v) is 3.96. The highest BCUT2D eigenvalue weighted by Crippen LogP contribution is 2.27. The van der Waals surface area contributed by atoms with Crippen LogP contribution in [0.3, 0.4) is 0 Å². The second-order valence-electron chi connectivity index (χ2n) is 4.81. The minimum Gasteiger partial charge on any atom is -0.308 e. The molecule has 0 bridgehead atoms. The lowest BCUT2D eigenvalue weighted by atomic mass is 9.85. The molecule has 3 heteroatoms. The van der Waals surface area contributed by atoms with E-state index in [9.17, 15) is 0 Å². The summed E-state index contributed by atoms with van der Waals surface area (Å²) in [6.07, 6.45) is 8.67. The number of halogens is 1. The average molecular weight is 310 g/mol. The molecule has 0 amide bonds. The van der Waals surface area contributed by atoms with Gasteiger partial charge in [0.15, 0.2) is 0 Å². The lowest BCUT2D eigenvalue weighted by Gasteiger charge is -2.27. The maximum Gasteiger partial charge on any atom is 0.0293 e. The predicted octanol–water partition coefficient (Wildman–Crippen LogP) is 2.83. The Kier molecular flexibility index (Phi) is 6.37. The van der Waals surface area contributed by atoms with Crippen molar-refractivity contribution in [3.63, 3.8) is 0 Å². The van der Waals surface area contributed by atoms with Crippen LogP contribution >= 0.6 is 22.9 Å². The maximum atomic E-state index is 3.41. The third kappa shape index (κ3) is 4.94. The summed E-state index contributed by atoms with van der Waals surface area (Å²) in [5.41, 5.74) is 0. The highest BCUT2D eigenvalue weighted by Gasteiger charge is 2.18. The van der Waals surface area contributed by atoms with Crippen LogP contribution in [0.25, 0.3) is 0 Å². The maximum absolute atomic E-state index is 3.41. The van der Waals surface area contributed by atoms with Crippen LogP contribution in [0, 0.1) is 5.92 Å². The van der Waals surface area contributed by atoms with Gasteiger partial charge in [-0.25, -0.2) is 0 Å². The SMILES string of the molecule is CN(C)C[C@@H](CC1CCCCC1)NI. The van der Waals surface area contributed by atoms with E-state index in [-0.39, 0.29) is 0 Å². The van der Waals surface area contributed by atoms with E-state index >= 15 is 0 Å². The average Bonchev–Trinajstić information content (AvgIpc) is 2.17. The van der Waals surface area contributed by atoms with Crippen LogP contribution < -0.4 is 3.53 Å². The fourth-order valence-corrected chi connectivity index (χ4v) is 2.87. The molecule has 0 unspecified atom stereocenters. The highest BCUT2D eigenvalue weighted by atomic mass is 127. The van der Waals surface area contributed by atoms with Crippen molar-refractivity contribution in [2.45, 2.75) is 44.6 Å². The molecule has 1 N–H and O–H groups in total. The van der Waals surface area contributed by atoms with Crippen molar-refractivity contribution < 1.29 is 0 Å². The van der Waals surface area contributed by atoms with E-state index in [1.807, 2.05) is 0 Å². The Bertz CT molecular complexity index is 144. The van der Waals surface area contributed by atoms with E-state index in [1.54, 1.807) is 0 Å². The molecule has 84 valence electrons. The van der Waals surface area contributed by atoms with Gasteiger partial charge in [-0.1, -0.05) is 32.1 Å². The molecule has 1 saturated carbocycles. The van der Waals surface area contributed by atoms with Gasteiger partial charge in [0.25, 0.3) is 0 Å². The van der Waals surface area contributed by atoms with Crippen LogP contribution in [0.4, 0.5) is 0 Å². The Morgan fingerprint density at radius 2 is 1.93 bits per heavy atom. The Balaban J connectivity index is 2.23. The number of hydrogen-bond acceptors (Lipinski definition) is 2. The van der Waals surface area contributed by atoms with Crippen LogP contribution in [0.15, 0.2) is 0 Å². The van der Waals surface area contributed by atoms with Crippen molar-refractivity contribution in [3.8, 4) is 0 Å². The van der Waals surface area contributed by atoms with Crippen LogP contribution in [0.1, 0.15) is 38.5 Å². The van der Waals surface area contributed by atoms with E-state index in [0.29, 0.717) is 6.04 Å². The molecule has 1 rings (SSSR count). The van der Waals surface area contributed by atoms with Gasteiger partial charge in [-0.3, -0.25) is 3.53 Å². The molecule has 0 aliphatic heterocycles. The first-order chi connectivity index (χ1) is 6.72. The van der Waals surface area contributed by atoms with Gasteiger partial charge in [0.05, 0.1) is 0 Å². The Morgan fingerprint density at radius 1 is 1.29 bits per heavy atom. The largest absolute Gasteiger partial charge is 0.308 e. The fourth-order valence-electron chi connectivity index (χ4n) is 2.42. The van der Waals surface area contributed by atoms with Gasteiger partial charge < -0.3 is 4.90 Å². The second-order valence-corrected chi connectivity index (χ2v) is 5.43. The number of hydrogen-bond donors (Lipinski definition) is 1. The fraction of sp³-hybridized carbons (Fsp3) is 1.00. The summed E-state index contributed by atoms with van der Waals surface area (Å²) in [6, 6.07) is 0.675. The van der Waals surface area contributed by atoms with Crippen LogP contribution in [-0.4, -0.2) is 31.6 Å². The van der Waals surface area contributed by atoms with E-state index in [1.165, 1.54) is 45.1 Å². The standard InChI is InChI=1S/C11H23IN2/c1-14(2)9-11(13-12)8-10-6-4-3-5-7-10/h10-11,13H,3-9H2,1-2H3/t11-/m1/s1. The Hall–Kier alpha value is 0.650.